The molecule has 1 unspecified atom stereocenters. The molecule has 0 spiro atoms. The van der Waals surface area contributed by atoms with E-state index in [1.54, 1.807) is 50.3 Å². The number of hydrogen-bond acceptors (Lipinski definition) is 5. The van der Waals surface area contributed by atoms with E-state index in [4.69, 9.17) is 9.47 Å². The molecule has 206 valence electrons. The number of halogens is 4. The van der Waals surface area contributed by atoms with Gasteiger partial charge in [-0.05, 0) is 49.6 Å². The second-order valence-electron chi connectivity index (χ2n) is 10.2. The van der Waals surface area contributed by atoms with E-state index in [1.165, 1.54) is 12.1 Å². The highest BCUT2D eigenvalue weighted by Crippen LogP contribution is 2.46. The monoisotopic (exact) mass is 561 g/mol. The summed E-state index contributed by atoms with van der Waals surface area (Å²) in [6.45, 7) is 4.94. The number of carbonyl (C=O) groups is 1. The van der Waals surface area contributed by atoms with E-state index >= 15 is 4.39 Å². The lowest BCUT2D eigenvalue weighted by atomic mass is 9.90. The Labute approximate surface area is 227 Å². The molecule has 39 heavy (non-hydrogen) atoms. The number of benzene rings is 2. The first-order valence-corrected chi connectivity index (χ1v) is 13.3. The maximum absolute atomic E-state index is 15.1. The molecule has 0 bridgehead atoms. The molecule has 10 heteroatoms. The topological polar surface area (TPSA) is 59.0 Å². The minimum absolute atomic E-state index is 0.131. The summed E-state index contributed by atoms with van der Waals surface area (Å²) in [6.07, 6.45) is -2.27. The van der Waals surface area contributed by atoms with Crippen LogP contribution in [0.1, 0.15) is 34.2 Å². The van der Waals surface area contributed by atoms with Crippen molar-refractivity contribution in [3.05, 3.63) is 74.7 Å². The van der Waals surface area contributed by atoms with Gasteiger partial charge in [-0.3, -0.25) is 9.69 Å². The first-order valence-electron chi connectivity index (χ1n) is 12.4. The van der Waals surface area contributed by atoms with Crippen molar-refractivity contribution < 1.29 is 36.9 Å². The predicted molar refractivity (Wildman–Crippen MR) is 140 cm³/mol. The summed E-state index contributed by atoms with van der Waals surface area (Å²) in [5.74, 6) is -0.955. The smallest absolute Gasteiger partial charge is 0.426 e. The molecule has 0 saturated carbocycles. The standard InChI is InChI=1S/C29H27F4NO4S/c1-17-24(39-26(29(31,32)33)25(17)19-6-4-3-5-7-19)15-37-20-11-22(30)21-10-18(14-38-23(21)12-20)13-34-9-8-28(2,16-34)27(35)36/h3-7,10-12H,8-9,13-16H2,1-2H3,(H,35,36). The molecule has 3 heterocycles. The molecule has 0 radical (unpaired) electrons. The fraction of sp³-hybridized carbons (Fsp3) is 0.345. The highest BCUT2D eigenvalue weighted by Gasteiger charge is 2.41. The zero-order valence-corrected chi connectivity index (χ0v) is 22.2. The SMILES string of the molecule is Cc1c(COc2cc(F)c3c(c2)OCC(CN2CCC(C)(C(=O)O)C2)=C3)sc(C(F)(F)F)c1-c1ccccc1. The molecule has 0 amide bonds. The van der Waals surface area contributed by atoms with Crippen LogP contribution in [0.4, 0.5) is 17.6 Å². The number of nitrogens with zero attached hydrogens (tertiary/aromatic N) is 1. The minimum atomic E-state index is -4.52. The number of rotatable bonds is 7. The fourth-order valence-electron chi connectivity index (χ4n) is 5.07. The third kappa shape index (κ3) is 5.53. The minimum Gasteiger partial charge on any atom is -0.488 e. The highest BCUT2D eigenvalue weighted by molar-refractivity contribution is 7.12. The maximum atomic E-state index is 15.1. The van der Waals surface area contributed by atoms with Gasteiger partial charge in [0.05, 0.1) is 11.0 Å². The van der Waals surface area contributed by atoms with Crippen molar-refractivity contribution in [1.82, 2.24) is 4.90 Å². The lowest BCUT2D eigenvalue weighted by Gasteiger charge is -2.24. The van der Waals surface area contributed by atoms with Crippen LogP contribution in [0.3, 0.4) is 0 Å². The number of carboxylic acid groups (broad SMARTS) is 1. The molecule has 1 aromatic heterocycles. The second-order valence-corrected chi connectivity index (χ2v) is 11.3. The Morgan fingerprint density at radius 1 is 1.23 bits per heavy atom. The molecule has 1 N–H and O–H groups in total. The Balaban J connectivity index is 1.32. The van der Waals surface area contributed by atoms with Gasteiger partial charge in [0, 0.05) is 35.7 Å². The Hall–Kier alpha value is -3.37. The molecular weight excluding hydrogens is 534 g/mol. The van der Waals surface area contributed by atoms with Gasteiger partial charge in [0.25, 0.3) is 0 Å². The molecule has 3 aromatic rings. The van der Waals surface area contributed by atoms with Crippen LogP contribution in [0.25, 0.3) is 17.2 Å². The summed E-state index contributed by atoms with van der Waals surface area (Å²) in [5.41, 5.74) is 1.37. The van der Waals surface area contributed by atoms with Crippen molar-refractivity contribution >= 4 is 23.4 Å². The van der Waals surface area contributed by atoms with Crippen LogP contribution in [0.5, 0.6) is 11.5 Å². The van der Waals surface area contributed by atoms with Gasteiger partial charge in [-0.1, -0.05) is 30.3 Å². The van der Waals surface area contributed by atoms with Gasteiger partial charge in [-0.2, -0.15) is 13.2 Å². The van der Waals surface area contributed by atoms with Gasteiger partial charge < -0.3 is 14.6 Å². The molecule has 2 aliphatic heterocycles. The first kappa shape index (κ1) is 27.2. The largest absolute Gasteiger partial charge is 0.488 e. The van der Waals surface area contributed by atoms with E-state index < -0.39 is 28.3 Å². The molecule has 5 nitrogen and oxygen atoms in total. The van der Waals surface area contributed by atoms with Crippen LogP contribution in [-0.2, 0) is 17.6 Å². The Morgan fingerprint density at radius 2 is 1.97 bits per heavy atom. The number of likely N-dealkylation sites (tertiary alicyclic amines) is 1. The second kappa shape index (κ2) is 10.3. The summed E-state index contributed by atoms with van der Waals surface area (Å²) in [7, 11) is 0. The van der Waals surface area contributed by atoms with Gasteiger partial charge >= 0.3 is 12.1 Å². The van der Waals surface area contributed by atoms with E-state index in [0.717, 1.165) is 5.57 Å². The molecular formula is C29H27F4NO4S. The average molecular weight is 562 g/mol. The van der Waals surface area contributed by atoms with Gasteiger partial charge in [-0.15, -0.1) is 11.3 Å². The number of thiophene rings is 1. The maximum Gasteiger partial charge on any atom is 0.426 e. The number of hydrogen-bond donors (Lipinski definition) is 1. The number of aliphatic carboxylic acids is 1. The van der Waals surface area contributed by atoms with E-state index in [2.05, 4.69) is 0 Å². The summed E-state index contributed by atoms with van der Waals surface area (Å²) in [5, 5.41) is 9.45. The van der Waals surface area contributed by atoms with Crippen LogP contribution in [0.2, 0.25) is 0 Å². The van der Waals surface area contributed by atoms with Gasteiger partial charge in [0.15, 0.2) is 0 Å². The molecule has 1 fully saturated rings. The highest BCUT2D eigenvalue weighted by atomic mass is 32.1. The number of alkyl halides is 3. The molecule has 1 atom stereocenters. The Kier molecular flexibility index (Phi) is 7.19. The Bertz CT molecular complexity index is 1430. The zero-order chi connectivity index (χ0) is 27.9. The van der Waals surface area contributed by atoms with Crippen LogP contribution in [0.15, 0.2) is 48.0 Å². The van der Waals surface area contributed by atoms with Crippen LogP contribution >= 0.6 is 11.3 Å². The van der Waals surface area contributed by atoms with Crippen molar-refractivity contribution in [2.24, 2.45) is 5.41 Å². The molecule has 0 aliphatic carbocycles. The first-order chi connectivity index (χ1) is 18.4. The third-order valence-electron chi connectivity index (χ3n) is 7.26. The van der Waals surface area contributed by atoms with Crippen LogP contribution in [-0.4, -0.2) is 42.2 Å². The van der Waals surface area contributed by atoms with Gasteiger partial charge in [0.2, 0.25) is 0 Å². The van der Waals surface area contributed by atoms with Crippen molar-refractivity contribution in [3.8, 4) is 22.6 Å². The lowest BCUT2D eigenvalue weighted by molar-refractivity contribution is -0.147. The zero-order valence-electron chi connectivity index (χ0n) is 21.4. The van der Waals surface area contributed by atoms with Crippen molar-refractivity contribution in [2.75, 3.05) is 26.2 Å². The quantitative estimate of drug-likeness (QED) is 0.314. The van der Waals surface area contributed by atoms with E-state index in [-0.39, 0.29) is 35.8 Å². The third-order valence-corrected chi connectivity index (χ3v) is 8.57. The summed E-state index contributed by atoms with van der Waals surface area (Å²) < 4.78 is 68.1. The van der Waals surface area contributed by atoms with E-state index in [1.807, 2.05) is 4.90 Å². The fourth-order valence-corrected chi connectivity index (χ4v) is 6.18. The molecule has 2 aromatic carbocycles. The van der Waals surface area contributed by atoms with E-state index in [9.17, 15) is 23.1 Å². The number of ether oxygens (including phenoxy) is 2. The average Bonchev–Trinajstić information content (AvgIpc) is 3.44. The lowest BCUT2D eigenvalue weighted by Crippen LogP contribution is -2.33. The van der Waals surface area contributed by atoms with Crippen LogP contribution in [0, 0.1) is 18.2 Å². The Morgan fingerprint density at radius 3 is 2.64 bits per heavy atom. The van der Waals surface area contributed by atoms with Crippen LogP contribution < -0.4 is 9.47 Å². The summed E-state index contributed by atoms with van der Waals surface area (Å²) in [6, 6.07) is 11.1. The summed E-state index contributed by atoms with van der Waals surface area (Å²) >= 11 is 0.631. The molecule has 5 rings (SSSR count). The predicted octanol–water partition coefficient (Wildman–Crippen LogP) is 7.03. The normalized spacial score (nSPS) is 19.4. The van der Waals surface area contributed by atoms with E-state index in [0.29, 0.717) is 53.4 Å². The summed E-state index contributed by atoms with van der Waals surface area (Å²) in [4.78, 5) is 13.2. The number of carboxylic acids is 1. The molecule has 1 saturated heterocycles. The van der Waals surface area contributed by atoms with Crippen molar-refractivity contribution in [2.45, 2.75) is 33.1 Å². The van der Waals surface area contributed by atoms with Gasteiger partial charge in [0.1, 0.15) is 35.4 Å². The number of fused-ring (bicyclic) bond motifs is 1. The van der Waals surface area contributed by atoms with Gasteiger partial charge in [-0.25, -0.2) is 4.39 Å². The molecule has 2 aliphatic rings. The van der Waals surface area contributed by atoms with Crippen molar-refractivity contribution in [3.63, 3.8) is 0 Å². The van der Waals surface area contributed by atoms with Crippen molar-refractivity contribution in [1.29, 1.82) is 0 Å².